The molecule has 0 bridgehead atoms. The number of nitrogens with two attached hydrogens (primary N) is 1. The predicted octanol–water partition coefficient (Wildman–Crippen LogP) is 3.12. The van der Waals surface area contributed by atoms with Crippen LogP contribution in [-0.4, -0.2) is 15.6 Å². The van der Waals surface area contributed by atoms with Crippen LogP contribution in [0.25, 0.3) is 11.0 Å². The van der Waals surface area contributed by atoms with Gasteiger partial charge in [-0.1, -0.05) is 19.1 Å². The van der Waals surface area contributed by atoms with Gasteiger partial charge in [0.1, 0.15) is 5.82 Å². The maximum atomic E-state index is 6.02. The van der Waals surface area contributed by atoms with Crippen LogP contribution >= 0.6 is 0 Å². The van der Waals surface area contributed by atoms with Crippen LogP contribution in [0.15, 0.2) is 24.3 Å². The van der Waals surface area contributed by atoms with Gasteiger partial charge in [-0.05, 0) is 43.7 Å². The Hall–Kier alpha value is -1.35. The Morgan fingerprint density at radius 3 is 2.89 bits per heavy atom. The Morgan fingerprint density at radius 2 is 2.16 bits per heavy atom. The minimum absolute atomic E-state index is 0.411. The number of aryl methyl sites for hydroxylation is 1. The minimum atomic E-state index is 0.411. The predicted molar refractivity (Wildman–Crippen MR) is 79.0 cm³/mol. The molecule has 2 atom stereocenters. The monoisotopic (exact) mass is 257 g/mol. The topological polar surface area (TPSA) is 43.8 Å². The lowest BCUT2D eigenvalue weighted by Gasteiger charge is -2.12. The van der Waals surface area contributed by atoms with E-state index >= 15 is 0 Å². The van der Waals surface area contributed by atoms with E-state index in [9.17, 15) is 0 Å². The highest BCUT2D eigenvalue weighted by Gasteiger charge is 2.24. The normalized spacial score (nSPS) is 23.3. The van der Waals surface area contributed by atoms with Gasteiger partial charge in [-0.2, -0.15) is 0 Å². The zero-order valence-corrected chi connectivity index (χ0v) is 11.7. The molecule has 1 aromatic carbocycles. The van der Waals surface area contributed by atoms with Gasteiger partial charge >= 0.3 is 0 Å². The number of hydrogen-bond acceptors (Lipinski definition) is 2. The van der Waals surface area contributed by atoms with E-state index in [-0.39, 0.29) is 0 Å². The van der Waals surface area contributed by atoms with Gasteiger partial charge in [0, 0.05) is 19.0 Å². The zero-order chi connectivity index (χ0) is 13.2. The molecule has 102 valence electrons. The summed E-state index contributed by atoms with van der Waals surface area (Å²) in [6, 6.07) is 8.88. The molecular weight excluding hydrogens is 234 g/mol. The summed E-state index contributed by atoms with van der Waals surface area (Å²) < 4.78 is 2.40. The number of rotatable bonds is 4. The van der Waals surface area contributed by atoms with Gasteiger partial charge < -0.3 is 10.3 Å². The number of imidazole rings is 1. The van der Waals surface area contributed by atoms with Crippen LogP contribution in [0.1, 0.15) is 38.4 Å². The highest BCUT2D eigenvalue weighted by atomic mass is 15.1. The second-order valence-electron chi connectivity index (χ2n) is 5.81. The zero-order valence-electron chi connectivity index (χ0n) is 11.7. The van der Waals surface area contributed by atoms with Crippen LogP contribution in [0.3, 0.4) is 0 Å². The van der Waals surface area contributed by atoms with Crippen molar-refractivity contribution >= 4 is 11.0 Å². The Bertz CT molecular complexity index is 558. The van der Waals surface area contributed by atoms with Crippen LogP contribution in [0.2, 0.25) is 0 Å². The van der Waals surface area contributed by atoms with E-state index < -0.39 is 0 Å². The second kappa shape index (κ2) is 5.33. The molecule has 3 heteroatoms. The summed E-state index contributed by atoms with van der Waals surface area (Å²) in [6.45, 7) is 3.29. The average molecular weight is 257 g/mol. The lowest BCUT2D eigenvalue weighted by Crippen LogP contribution is -2.16. The number of aromatic nitrogens is 2. The molecule has 1 saturated carbocycles. The SMILES string of the molecule is CCCn1c(CC2CCC(N)C2)nc2ccccc21. The number of nitrogens with zero attached hydrogens (tertiary/aromatic N) is 2. The first-order valence-corrected chi connectivity index (χ1v) is 7.47. The molecule has 0 saturated heterocycles. The van der Waals surface area contributed by atoms with Crippen molar-refractivity contribution in [3.05, 3.63) is 30.1 Å². The smallest absolute Gasteiger partial charge is 0.110 e. The van der Waals surface area contributed by atoms with Gasteiger partial charge in [-0.15, -0.1) is 0 Å². The van der Waals surface area contributed by atoms with Gasteiger partial charge in [0.15, 0.2) is 0 Å². The van der Waals surface area contributed by atoms with Crippen LogP contribution in [0.4, 0.5) is 0 Å². The molecular formula is C16H23N3. The van der Waals surface area contributed by atoms with Crippen molar-refractivity contribution < 1.29 is 0 Å². The Morgan fingerprint density at radius 1 is 1.32 bits per heavy atom. The van der Waals surface area contributed by atoms with Crippen molar-refractivity contribution in [2.45, 2.75) is 51.6 Å². The third-order valence-electron chi connectivity index (χ3n) is 4.23. The quantitative estimate of drug-likeness (QED) is 0.914. The van der Waals surface area contributed by atoms with E-state index in [2.05, 4.69) is 35.8 Å². The van der Waals surface area contributed by atoms with Crippen LogP contribution in [0.5, 0.6) is 0 Å². The first kappa shape index (κ1) is 12.7. The summed E-state index contributed by atoms with van der Waals surface area (Å²) in [4.78, 5) is 4.84. The summed E-state index contributed by atoms with van der Waals surface area (Å²) in [5.74, 6) is 1.98. The van der Waals surface area contributed by atoms with Gasteiger partial charge in [0.25, 0.3) is 0 Å². The fourth-order valence-corrected chi connectivity index (χ4v) is 3.31. The van der Waals surface area contributed by atoms with E-state index in [0.29, 0.717) is 6.04 Å². The Balaban J connectivity index is 1.90. The molecule has 2 aromatic rings. The van der Waals surface area contributed by atoms with Crippen molar-refractivity contribution in [1.29, 1.82) is 0 Å². The standard InChI is InChI=1S/C16H23N3/c1-2-9-19-15-6-4-3-5-14(15)18-16(19)11-12-7-8-13(17)10-12/h3-6,12-13H,2,7-11,17H2,1H3. The van der Waals surface area contributed by atoms with E-state index in [1.807, 2.05) is 0 Å². The van der Waals surface area contributed by atoms with Gasteiger partial charge in [0.2, 0.25) is 0 Å². The Kier molecular flexibility index (Phi) is 3.56. The van der Waals surface area contributed by atoms with Gasteiger partial charge in [0.05, 0.1) is 11.0 Å². The fourth-order valence-electron chi connectivity index (χ4n) is 3.31. The molecule has 1 fully saturated rings. The van der Waals surface area contributed by atoms with E-state index in [1.165, 1.54) is 24.2 Å². The second-order valence-corrected chi connectivity index (χ2v) is 5.81. The highest BCUT2D eigenvalue weighted by molar-refractivity contribution is 5.75. The van der Waals surface area contributed by atoms with E-state index in [1.54, 1.807) is 0 Å². The molecule has 2 unspecified atom stereocenters. The van der Waals surface area contributed by atoms with Crippen LogP contribution < -0.4 is 5.73 Å². The van der Waals surface area contributed by atoms with Crippen molar-refractivity contribution in [3.63, 3.8) is 0 Å². The van der Waals surface area contributed by atoms with Crippen molar-refractivity contribution in [3.8, 4) is 0 Å². The highest BCUT2D eigenvalue weighted by Crippen LogP contribution is 2.28. The van der Waals surface area contributed by atoms with Gasteiger partial charge in [-0.25, -0.2) is 4.98 Å². The summed E-state index contributed by atoms with van der Waals surface area (Å²) in [5, 5.41) is 0. The number of hydrogen-bond donors (Lipinski definition) is 1. The molecule has 1 aliphatic carbocycles. The molecule has 0 amide bonds. The summed E-state index contributed by atoms with van der Waals surface area (Å²) in [6.07, 6.45) is 5.84. The van der Waals surface area contributed by atoms with Crippen LogP contribution in [0, 0.1) is 5.92 Å². The molecule has 1 aromatic heterocycles. The lowest BCUT2D eigenvalue weighted by atomic mass is 10.0. The number of para-hydroxylation sites is 2. The van der Waals surface area contributed by atoms with Crippen molar-refractivity contribution in [1.82, 2.24) is 9.55 Å². The average Bonchev–Trinajstić information content (AvgIpc) is 2.96. The molecule has 0 aliphatic heterocycles. The third kappa shape index (κ3) is 2.52. The molecule has 19 heavy (non-hydrogen) atoms. The molecule has 3 nitrogen and oxygen atoms in total. The molecule has 1 aliphatic rings. The number of benzene rings is 1. The molecule has 3 rings (SSSR count). The lowest BCUT2D eigenvalue weighted by molar-refractivity contribution is 0.502. The fraction of sp³-hybridized carbons (Fsp3) is 0.562. The summed E-state index contributed by atoms with van der Waals surface area (Å²) in [7, 11) is 0. The largest absolute Gasteiger partial charge is 0.328 e. The molecule has 0 spiro atoms. The van der Waals surface area contributed by atoms with Gasteiger partial charge in [-0.3, -0.25) is 0 Å². The summed E-state index contributed by atoms with van der Waals surface area (Å²) in [5.41, 5.74) is 8.44. The first-order chi connectivity index (χ1) is 9.28. The molecule has 2 N–H and O–H groups in total. The maximum absolute atomic E-state index is 6.02. The Labute approximate surface area is 114 Å². The minimum Gasteiger partial charge on any atom is -0.328 e. The molecule has 1 heterocycles. The third-order valence-corrected chi connectivity index (χ3v) is 4.23. The van der Waals surface area contributed by atoms with Crippen molar-refractivity contribution in [2.24, 2.45) is 11.7 Å². The van der Waals surface area contributed by atoms with E-state index in [4.69, 9.17) is 10.7 Å². The maximum Gasteiger partial charge on any atom is 0.110 e. The van der Waals surface area contributed by atoms with Crippen LogP contribution in [-0.2, 0) is 13.0 Å². The summed E-state index contributed by atoms with van der Waals surface area (Å²) >= 11 is 0. The molecule has 0 radical (unpaired) electrons. The van der Waals surface area contributed by atoms with Crippen molar-refractivity contribution in [2.75, 3.05) is 0 Å². The number of fused-ring (bicyclic) bond motifs is 1. The first-order valence-electron chi connectivity index (χ1n) is 7.47. The van der Waals surface area contributed by atoms with E-state index in [0.717, 1.165) is 37.2 Å².